The van der Waals surface area contributed by atoms with Gasteiger partial charge in [-0.15, -0.1) is 0 Å². The molecule has 0 atom stereocenters. The van der Waals surface area contributed by atoms with Crippen molar-refractivity contribution in [1.82, 2.24) is 10.2 Å². The number of amides is 3. The first kappa shape index (κ1) is 20.5. The Labute approximate surface area is 163 Å². The van der Waals surface area contributed by atoms with Gasteiger partial charge in [0.1, 0.15) is 0 Å². The van der Waals surface area contributed by atoms with Gasteiger partial charge in [-0.2, -0.15) is 0 Å². The van der Waals surface area contributed by atoms with Gasteiger partial charge in [0, 0.05) is 12.5 Å². The van der Waals surface area contributed by atoms with Crippen LogP contribution in [0.5, 0.6) is 0 Å². The zero-order valence-electron chi connectivity index (χ0n) is 14.7. The Morgan fingerprint density at radius 3 is 2.35 bits per heavy atom. The van der Waals surface area contributed by atoms with E-state index in [0.717, 1.165) is 25.7 Å². The van der Waals surface area contributed by atoms with Crippen molar-refractivity contribution in [1.29, 1.82) is 0 Å². The molecular formula is C18H23Cl2N3O3. The summed E-state index contributed by atoms with van der Waals surface area (Å²) in [5.41, 5.74) is 0.318. The highest BCUT2D eigenvalue weighted by Crippen LogP contribution is 2.29. The van der Waals surface area contributed by atoms with E-state index in [4.69, 9.17) is 23.2 Å². The molecule has 1 aliphatic rings. The van der Waals surface area contributed by atoms with Crippen LogP contribution in [0.15, 0.2) is 18.2 Å². The van der Waals surface area contributed by atoms with Crippen molar-refractivity contribution >= 4 is 46.6 Å². The lowest BCUT2D eigenvalue weighted by atomic mass is 10.1. The minimum Gasteiger partial charge on any atom is -0.347 e. The van der Waals surface area contributed by atoms with E-state index >= 15 is 0 Å². The van der Waals surface area contributed by atoms with Crippen LogP contribution < -0.4 is 10.6 Å². The first-order valence-electron chi connectivity index (χ1n) is 8.71. The Morgan fingerprint density at radius 1 is 1.15 bits per heavy atom. The predicted octanol–water partition coefficient (Wildman–Crippen LogP) is 3.09. The van der Waals surface area contributed by atoms with Crippen LogP contribution >= 0.6 is 23.2 Å². The van der Waals surface area contributed by atoms with Gasteiger partial charge < -0.3 is 15.5 Å². The number of para-hydroxylation sites is 1. The highest BCUT2D eigenvalue weighted by molar-refractivity contribution is 6.39. The highest BCUT2D eigenvalue weighted by atomic mass is 35.5. The van der Waals surface area contributed by atoms with Crippen LogP contribution in [-0.4, -0.2) is 42.3 Å². The molecule has 0 bridgehead atoms. The maximum atomic E-state index is 12.3. The van der Waals surface area contributed by atoms with Crippen LogP contribution in [0.3, 0.4) is 0 Å². The third kappa shape index (κ3) is 5.61. The highest BCUT2D eigenvalue weighted by Gasteiger charge is 2.24. The fourth-order valence-electron chi connectivity index (χ4n) is 2.95. The van der Waals surface area contributed by atoms with E-state index in [0.29, 0.717) is 22.3 Å². The van der Waals surface area contributed by atoms with E-state index in [1.807, 2.05) is 0 Å². The zero-order valence-corrected chi connectivity index (χ0v) is 16.2. The van der Waals surface area contributed by atoms with Crippen molar-refractivity contribution in [3.63, 3.8) is 0 Å². The molecular weight excluding hydrogens is 377 g/mol. The maximum absolute atomic E-state index is 12.3. The molecule has 8 heteroatoms. The zero-order chi connectivity index (χ0) is 19.1. The van der Waals surface area contributed by atoms with Gasteiger partial charge in [-0.25, -0.2) is 0 Å². The van der Waals surface area contributed by atoms with Crippen molar-refractivity contribution < 1.29 is 14.4 Å². The van der Waals surface area contributed by atoms with Gasteiger partial charge in [0.05, 0.1) is 28.8 Å². The topological polar surface area (TPSA) is 78.5 Å². The van der Waals surface area contributed by atoms with Crippen molar-refractivity contribution in [2.45, 2.75) is 32.6 Å². The first-order chi connectivity index (χ1) is 12.4. The maximum Gasteiger partial charge on any atom is 0.244 e. The van der Waals surface area contributed by atoms with E-state index in [-0.39, 0.29) is 30.8 Å². The number of anilines is 1. The second-order valence-corrected chi connectivity index (χ2v) is 7.07. The second kappa shape index (κ2) is 9.78. The molecule has 142 valence electrons. The van der Waals surface area contributed by atoms with E-state index < -0.39 is 5.91 Å². The lowest BCUT2D eigenvalue weighted by Gasteiger charge is -2.21. The van der Waals surface area contributed by atoms with Crippen molar-refractivity contribution in [3.8, 4) is 0 Å². The number of benzene rings is 1. The van der Waals surface area contributed by atoms with Crippen molar-refractivity contribution in [2.75, 3.05) is 25.0 Å². The van der Waals surface area contributed by atoms with E-state index in [1.165, 1.54) is 4.90 Å². The Balaban J connectivity index is 1.86. The van der Waals surface area contributed by atoms with Crippen LogP contribution in [0.4, 0.5) is 5.69 Å². The second-order valence-electron chi connectivity index (χ2n) is 6.25. The molecule has 2 N–H and O–H groups in total. The van der Waals surface area contributed by atoms with Gasteiger partial charge in [-0.3, -0.25) is 14.4 Å². The number of nitrogens with zero attached hydrogens (tertiary/aromatic N) is 1. The van der Waals surface area contributed by atoms with Crippen molar-refractivity contribution in [2.24, 2.45) is 5.92 Å². The Kier molecular flexibility index (Phi) is 7.72. The third-order valence-corrected chi connectivity index (χ3v) is 5.07. The number of likely N-dealkylation sites (N-methyl/N-ethyl adjacent to an activating group) is 1. The molecule has 0 saturated heterocycles. The number of hydrogen-bond donors (Lipinski definition) is 2. The molecule has 0 aromatic heterocycles. The Bertz CT molecular complexity index is 655. The molecule has 3 amide bonds. The summed E-state index contributed by atoms with van der Waals surface area (Å²) in [7, 11) is 0. The van der Waals surface area contributed by atoms with Gasteiger partial charge in [0.2, 0.25) is 17.7 Å². The number of rotatable bonds is 7. The van der Waals surface area contributed by atoms with Crippen molar-refractivity contribution in [3.05, 3.63) is 28.2 Å². The molecule has 26 heavy (non-hydrogen) atoms. The van der Waals surface area contributed by atoms with Gasteiger partial charge in [0.25, 0.3) is 0 Å². The number of carbonyl (C=O) groups is 3. The first-order valence-corrected chi connectivity index (χ1v) is 9.47. The summed E-state index contributed by atoms with van der Waals surface area (Å²) in [5.74, 6) is -0.792. The fourth-order valence-corrected chi connectivity index (χ4v) is 3.44. The summed E-state index contributed by atoms with van der Waals surface area (Å²) < 4.78 is 0. The van der Waals surface area contributed by atoms with E-state index in [9.17, 15) is 14.4 Å². The van der Waals surface area contributed by atoms with Gasteiger partial charge in [-0.05, 0) is 31.9 Å². The molecule has 1 aromatic carbocycles. The molecule has 0 unspecified atom stereocenters. The van der Waals surface area contributed by atoms with E-state index in [1.54, 1.807) is 25.1 Å². The van der Waals surface area contributed by atoms with Crippen LogP contribution in [0.25, 0.3) is 0 Å². The average molecular weight is 400 g/mol. The molecule has 0 heterocycles. The number of nitrogens with one attached hydrogen (secondary N) is 2. The Morgan fingerprint density at radius 2 is 1.77 bits per heavy atom. The fraction of sp³-hybridized carbons (Fsp3) is 0.500. The molecule has 2 rings (SSSR count). The summed E-state index contributed by atoms with van der Waals surface area (Å²) in [4.78, 5) is 37.9. The molecule has 1 saturated carbocycles. The number of hydrogen-bond acceptors (Lipinski definition) is 3. The van der Waals surface area contributed by atoms with Gasteiger partial charge in [-0.1, -0.05) is 42.1 Å². The summed E-state index contributed by atoms with van der Waals surface area (Å²) >= 11 is 12.1. The van der Waals surface area contributed by atoms with Crippen LogP contribution in [0.1, 0.15) is 32.6 Å². The summed E-state index contributed by atoms with van der Waals surface area (Å²) in [6, 6.07) is 4.91. The quantitative estimate of drug-likeness (QED) is 0.739. The summed E-state index contributed by atoms with van der Waals surface area (Å²) in [5, 5.41) is 5.95. The minimum absolute atomic E-state index is 0.00328. The van der Waals surface area contributed by atoms with Crippen LogP contribution in [-0.2, 0) is 14.4 Å². The monoisotopic (exact) mass is 399 g/mol. The van der Waals surface area contributed by atoms with Crippen LogP contribution in [0, 0.1) is 5.92 Å². The molecule has 1 aromatic rings. The normalized spacial score (nSPS) is 14.1. The molecule has 0 aliphatic heterocycles. The standard InChI is InChI=1S/C18H23Cl2N3O3/c1-2-23(16(25)10-21-18(26)12-6-3-4-7-12)11-15(24)22-17-13(19)8-5-9-14(17)20/h5,8-9,12H,2-4,6-7,10-11H2,1H3,(H,21,26)(H,22,24). The Hall–Kier alpha value is -1.79. The van der Waals surface area contributed by atoms with Gasteiger partial charge >= 0.3 is 0 Å². The number of carbonyl (C=O) groups excluding carboxylic acids is 3. The molecule has 0 spiro atoms. The SMILES string of the molecule is CCN(CC(=O)Nc1c(Cl)cccc1Cl)C(=O)CNC(=O)C1CCCC1. The molecule has 6 nitrogen and oxygen atoms in total. The third-order valence-electron chi connectivity index (χ3n) is 4.44. The average Bonchev–Trinajstić information content (AvgIpc) is 3.15. The lowest BCUT2D eigenvalue weighted by Crippen LogP contribution is -2.44. The van der Waals surface area contributed by atoms with Gasteiger partial charge in [0.15, 0.2) is 0 Å². The smallest absolute Gasteiger partial charge is 0.244 e. The van der Waals surface area contributed by atoms with Crippen LogP contribution in [0.2, 0.25) is 10.0 Å². The molecule has 1 aliphatic carbocycles. The van der Waals surface area contributed by atoms with E-state index in [2.05, 4.69) is 10.6 Å². The lowest BCUT2D eigenvalue weighted by molar-refractivity contribution is -0.135. The predicted molar refractivity (Wildman–Crippen MR) is 102 cm³/mol. The number of halogens is 2. The largest absolute Gasteiger partial charge is 0.347 e. The molecule has 0 radical (unpaired) electrons. The summed E-state index contributed by atoms with van der Waals surface area (Å²) in [6.45, 7) is 1.87. The molecule has 1 fully saturated rings. The summed E-state index contributed by atoms with van der Waals surface area (Å²) in [6.07, 6.45) is 3.85. The minimum atomic E-state index is -0.405.